The van der Waals surface area contributed by atoms with Crippen molar-refractivity contribution in [3.05, 3.63) is 0 Å². The predicted octanol–water partition coefficient (Wildman–Crippen LogP) is -1.33. The molecule has 1 heterocycles. The quantitative estimate of drug-likeness (QED) is 0.129. The van der Waals surface area contributed by atoms with Gasteiger partial charge in [-0.15, -0.1) is 0 Å². The highest BCUT2D eigenvalue weighted by molar-refractivity contribution is 6.03. The van der Waals surface area contributed by atoms with Crippen molar-refractivity contribution >= 4 is 35.3 Å². The summed E-state index contributed by atoms with van der Waals surface area (Å²) >= 11 is 0. The predicted molar refractivity (Wildman–Crippen MR) is 126 cm³/mol. The molecule has 1 aliphatic heterocycles. The molecule has 0 bridgehead atoms. The molecule has 0 spiro atoms. The molecule has 5 N–H and O–H groups in total. The van der Waals surface area contributed by atoms with Gasteiger partial charge in [0.25, 0.3) is 0 Å². The van der Waals surface area contributed by atoms with Crippen molar-refractivity contribution in [2.45, 2.75) is 59.6 Å². The Morgan fingerprint density at radius 1 is 0.943 bits per heavy atom. The molecule has 0 aromatic heterocycles. The molecule has 2 unspecified atom stereocenters. The average Bonchev–Trinajstić information content (AvgIpc) is 3.08. The van der Waals surface area contributed by atoms with Crippen molar-refractivity contribution in [1.82, 2.24) is 26.2 Å². The summed E-state index contributed by atoms with van der Waals surface area (Å²) in [5.74, 6) is -2.00. The van der Waals surface area contributed by atoms with Crippen LogP contribution >= 0.6 is 0 Å². The van der Waals surface area contributed by atoms with Gasteiger partial charge in [0.1, 0.15) is 12.0 Å². The molecule has 0 aliphatic carbocycles. The number of carbonyl (C=O) groups is 6. The first kappa shape index (κ1) is 30.2. The summed E-state index contributed by atoms with van der Waals surface area (Å²) in [6, 6.07) is 0. The van der Waals surface area contributed by atoms with E-state index in [4.69, 9.17) is 0 Å². The molecule has 35 heavy (non-hydrogen) atoms. The number of nitrogens with one attached hydrogen (secondary N) is 4. The monoisotopic (exact) mass is 497 g/mol. The van der Waals surface area contributed by atoms with Crippen LogP contribution in [0.4, 0.5) is 0 Å². The molecule has 198 valence electrons. The van der Waals surface area contributed by atoms with Crippen LogP contribution in [0, 0.1) is 17.8 Å². The third-order valence-electron chi connectivity index (χ3n) is 5.64. The fourth-order valence-electron chi connectivity index (χ4n) is 3.36. The number of hydrogen-bond acceptors (Lipinski definition) is 8. The van der Waals surface area contributed by atoms with Gasteiger partial charge in [0, 0.05) is 44.2 Å². The van der Waals surface area contributed by atoms with Crippen LogP contribution in [0.2, 0.25) is 0 Å². The summed E-state index contributed by atoms with van der Waals surface area (Å²) in [6.07, 6.45) is -0.362. The van der Waals surface area contributed by atoms with Crippen LogP contribution < -0.4 is 21.3 Å². The van der Waals surface area contributed by atoms with E-state index < -0.39 is 18.0 Å². The van der Waals surface area contributed by atoms with E-state index in [2.05, 4.69) is 21.3 Å². The lowest BCUT2D eigenvalue weighted by Gasteiger charge is -2.16. The van der Waals surface area contributed by atoms with Crippen molar-refractivity contribution in [1.29, 1.82) is 0 Å². The Morgan fingerprint density at radius 2 is 1.60 bits per heavy atom. The zero-order chi connectivity index (χ0) is 26.5. The van der Waals surface area contributed by atoms with Gasteiger partial charge in [-0.1, -0.05) is 27.7 Å². The lowest BCUT2D eigenvalue weighted by molar-refractivity contribution is -0.140. The highest BCUT2D eigenvalue weighted by Gasteiger charge is 2.39. The van der Waals surface area contributed by atoms with Crippen LogP contribution in [0.1, 0.15) is 53.4 Å². The Bertz CT molecular complexity index is 784. The maximum Gasteiger partial charge on any atom is 0.239 e. The molecule has 1 saturated heterocycles. The van der Waals surface area contributed by atoms with E-state index in [0.717, 1.165) is 0 Å². The number of nitrogens with zero attached hydrogens (tertiary/aromatic N) is 1. The third-order valence-corrected chi connectivity index (χ3v) is 5.64. The van der Waals surface area contributed by atoms with Gasteiger partial charge in [0.05, 0.1) is 19.6 Å². The zero-order valence-corrected chi connectivity index (χ0v) is 21.0. The summed E-state index contributed by atoms with van der Waals surface area (Å²) in [5.41, 5.74) is 0. The van der Waals surface area contributed by atoms with E-state index in [1.165, 1.54) is 4.90 Å². The first-order chi connectivity index (χ1) is 16.4. The second kappa shape index (κ2) is 15.2. The van der Waals surface area contributed by atoms with E-state index in [-0.39, 0.29) is 93.2 Å². The van der Waals surface area contributed by atoms with Crippen LogP contribution in [0.15, 0.2) is 0 Å². The van der Waals surface area contributed by atoms with Gasteiger partial charge >= 0.3 is 0 Å². The van der Waals surface area contributed by atoms with Gasteiger partial charge in [-0.2, -0.15) is 0 Å². The number of imide groups is 1. The number of rotatable bonds is 16. The van der Waals surface area contributed by atoms with Crippen molar-refractivity contribution in [3.8, 4) is 0 Å². The smallest absolute Gasteiger partial charge is 0.239 e. The number of aliphatic hydroxyl groups is 1. The maximum absolute atomic E-state index is 12.2. The topological polar surface area (TPSA) is 174 Å². The van der Waals surface area contributed by atoms with Crippen LogP contribution in [-0.4, -0.2) is 84.3 Å². The van der Waals surface area contributed by atoms with Crippen LogP contribution in [0.3, 0.4) is 0 Å². The standard InChI is InChI=1S/C23H39N5O7/c1-14(2)16-10-22(34)28(23(16)35)9-5-6-18(30)25-12-20(32)27-13-21(33)26-11-19(31)24-8-7-17(29)15(3)4/h14-16,20,27,32H,5-13H2,1-4H3,(H,24,31)(H,25,30)(H,26,33). The van der Waals surface area contributed by atoms with Gasteiger partial charge < -0.3 is 21.1 Å². The first-order valence-electron chi connectivity index (χ1n) is 12.0. The molecule has 2 atom stereocenters. The van der Waals surface area contributed by atoms with E-state index in [9.17, 15) is 33.9 Å². The summed E-state index contributed by atoms with van der Waals surface area (Å²) in [5, 5.41) is 19.8. The van der Waals surface area contributed by atoms with E-state index >= 15 is 0 Å². The Balaban J connectivity index is 2.14. The molecule has 1 rings (SSSR count). The summed E-state index contributed by atoms with van der Waals surface area (Å²) in [7, 11) is 0. The van der Waals surface area contributed by atoms with Gasteiger partial charge in [0.2, 0.25) is 29.5 Å². The molecule has 0 aromatic carbocycles. The van der Waals surface area contributed by atoms with Crippen molar-refractivity contribution < 1.29 is 33.9 Å². The van der Waals surface area contributed by atoms with Crippen LogP contribution in [0.5, 0.6) is 0 Å². The minimum atomic E-state index is -1.19. The average molecular weight is 498 g/mol. The molecular weight excluding hydrogens is 458 g/mol. The molecule has 0 radical (unpaired) electrons. The maximum atomic E-state index is 12.2. The Labute approximate surface area is 205 Å². The van der Waals surface area contributed by atoms with E-state index in [0.29, 0.717) is 6.42 Å². The third kappa shape index (κ3) is 11.4. The van der Waals surface area contributed by atoms with Crippen molar-refractivity contribution in [3.63, 3.8) is 0 Å². The van der Waals surface area contributed by atoms with Gasteiger partial charge in [-0.05, 0) is 12.3 Å². The SMILES string of the molecule is CC(C)C(=O)CCNC(=O)CNC(=O)CNC(O)CNC(=O)CCCN1C(=O)CC(C(C)C)C1=O. The van der Waals surface area contributed by atoms with E-state index in [1.807, 2.05) is 13.8 Å². The minimum Gasteiger partial charge on any atom is -0.377 e. The zero-order valence-electron chi connectivity index (χ0n) is 21.0. The van der Waals surface area contributed by atoms with Crippen molar-refractivity contribution in [2.24, 2.45) is 17.8 Å². The molecular formula is C23H39N5O7. The number of aliphatic hydroxyl groups excluding tert-OH is 1. The lowest BCUT2D eigenvalue weighted by atomic mass is 9.94. The molecule has 5 amide bonds. The normalized spacial score (nSPS) is 16.5. The number of amides is 5. The first-order valence-corrected chi connectivity index (χ1v) is 12.0. The molecule has 0 aromatic rings. The largest absolute Gasteiger partial charge is 0.377 e. The van der Waals surface area contributed by atoms with Crippen LogP contribution in [-0.2, 0) is 28.8 Å². The number of Topliss-reactive ketones (excluding diaryl/α,β-unsaturated/α-hetero) is 1. The van der Waals surface area contributed by atoms with Crippen molar-refractivity contribution in [2.75, 3.05) is 32.7 Å². The number of likely N-dealkylation sites (tertiary alicyclic amines) is 1. The second-order valence-electron chi connectivity index (χ2n) is 9.24. The summed E-state index contributed by atoms with van der Waals surface area (Å²) in [4.78, 5) is 72.3. The number of hydrogen-bond donors (Lipinski definition) is 5. The molecule has 12 heteroatoms. The highest BCUT2D eigenvalue weighted by atomic mass is 16.3. The molecule has 1 fully saturated rings. The molecule has 12 nitrogen and oxygen atoms in total. The number of carbonyl (C=O) groups excluding carboxylic acids is 6. The number of ketones is 1. The fraction of sp³-hybridized carbons (Fsp3) is 0.739. The Kier molecular flexibility index (Phi) is 13.1. The van der Waals surface area contributed by atoms with Gasteiger partial charge in [-0.3, -0.25) is 39.0 Å². The summed E-state index contributed by atoms with van der Waals surface area (Å²) < 4.78 is 0. The van der Waals surface area contributed by atoms with E-state index in [1.54, 1.807) is 13.8 Å². The lowest BCUT2D eigenvalue weighted by Crippen LogP contribution is -2.46. The fourth-order valence-corrected chi connectivity index (χ4v) is 3.36. The minimum absolute atomic E-state index is 0.0381. The molecule has 0 saturated carbocycles. The Morgan fingerprint density at radius 3 is 2.20 bits per heavy atom. The van der Waals surface area contributed by atoms with Crippen LogP contribution in [0.25, 0.3) is 0 Å². The highest BCUT2D eigenvalue weighted by Crippen LogP contribution is 2.26. The van der Waals surface area contributed by atoms with Gasteiger partial charge in [0.15, 0.2) is 0 Å². The summed E-state index contributed by atoms with van der Waals surface area (Å²) in [6.45, 7) is 7.05. The van der Waals surface area contributed by atoms with Gasteiger partial charge in [-0.25, -0.2) is 0 Å². The Hall–Kier alpha value is -2.86. The molecule has 1 aliphatic rings. The second-order valence-corrected chi connectivity index (χ2v) is 9.24.